The smallest absolute Gasteiger partial charge is 0.362 e. The van der Waals surface area contributed by atoms with Gasteiger partial charge in [-0.15, -0.1) is 0 Å². The molecule has 0 amide bonds. The van der Waals surface area contributed by atoms with Gasteiger partial charge in [0.1, 0.15) is 5.60 Å². The largest absolute Gasteiger partial charge is 1.00 e. The second kappa shape index (κ2) is 5.38. The van der Waals surface area contributed by atoms with Crippen molar-refractivity contribution < 1.29 is 27.3 Å². The van der Waals surface area contributed by atoms with Gasteiger partial charge in [-0.25, -0.2) is 4.79 Å². The fraction of sp³-hybridized carbons (Fsp3) is 0.857. The first-order valence-electron chi connectivity index (χ1n) is 3.45. The number of carbonyl (C=O) groups is 1. The molecule has 0 aliphatic heterocycles. The highest BCUT2D eigenvalue weighted by Gasteiger charge is 2.15. The molecule has 11 heavy (non-hydrogen) atoms. The first kappa shape index (κ1) is 13.3. The van der Waals surface area contributed by atoms with Crippen LogP contribution in [0.3, 0.4) is 0 Å². The molecule has 0 fully saturated rings. The van der Waals surface area contributed by atoms with Crippen molar-refractivity contribution >= 4 is 5.97 Å². The van der Waals surface area contributed by atoms with E-state index in [9.17, 15) is 4.79 Å². The molecule has 0 bridgehead atoms. The van der Waals surface area contributed by atoms with Crippen LogP contribution in [0.4, 0.5) is 0 Å². The van der Waals surface area contributed by atoms with E-state index in [-0.39, 0.29) is 24.0 Å². The van der Waals surface area contributed by atoms with E-state index in [1.807, 2.05) is 27.8 Å². The molecule has 0 saturated heterocycles. The van der Waals surface area contributed by atoms with Crippen LogP contribution < -0.4 is 17.7 Å². The summed E-state index contributed by atoms with van der Waals surface area (Å²) in [5.41, 5.74) is -0.347. The van der Waals surface area contributed by atoms with Gasteiger partial charge in [0.25, 0.3) is 0 Å². The van der Waals surface area contributed by atoms with Crippen molar-refractivity contribution in [2.45, 2.75) is 26.4 Å². The second-order valence-corrected chi connectivity index (χ2v) is 3.20. The molecule has 0 unspecified atom stereocenters. The highest BCUT2D eigenvalue weighted by atomic mass is 35.5. The topological polar surface area (TPSA) is 42.9 Å². The molecule has 0 heterocycles. The van der Waals surface area contributed by atoms with Crippen molar-refractivity contribution in [3.8, 4) is 0 Å². The molecule has 0 atom stereocenters. The normalized spacial score (nSPS) is 10.2. The summed E-state index contributed by atoms with van der Waals surface area (Å²) in [4.78, 5) is 10.8. The fourth-order valence-corrected chi connectivity index (χ4v) is 0.550. The average Bonchev–Trinajstić information content (AvgIpc) is 1.59. The predicted octanol–water partition coefficient (Wildman–Crippen LogP) is -3.47. The quantitative estimate of drug-likeness (QED) is 0.450. The Bertz CT molecular complexity index is 120. The van der Waals surface area contributed by atoms with Crippen LogP contribution in [0.25, 0.3) is 0 Å². The third-order valence-corrected chi connectivity index (χ3v) is 0.791. The van der Waals surface area contributed by atoms with Crippen LogP contribution in [0.2, 0.25) is 0 Å². The Morgan fingerprint density at radius 2 is 1.91 bits per heavy atom. The third kappa shape index (κ3) is 9.72. The van der Waals surface area contributed by atoms with Gasteiger partial charge < -0.3 is 22.5 Å². The zero-order chi connectivity index (χ0) is 8.20. The van der Waals surface area contributed by atoms with Crippen molar-refractivity contribution in [2.24, 2.45) is 0 Å². The lowest BCUT2D eigenvalue weighted by Crippen LogP contribution is -3.00. The molecule has 4 heteroatoms. The molecular formula is C7H16ClNO2. The van der Waals surface area contributed by atoms with Crippen LogP contribution in [-0.2, 0) is 9.53 Å². The SMILES string of the molecule is C[NH2+]CC(=O)OC(C)(C)C.[Cl-]. The summed E-state index contributed by atoms with van der Waals surface area (Å²) in [5.74, 6) is -0.157. The van der Waals surface area contributed by atoms with E-state index < -0.39 is 0 Å². The molecule has 0 saturated carbocycles. The summed E-state index contributed by atoms with van der Waals surface area (Å²) in [5, 5.41) is 1.79. The lowest BCUT2D eigenvalue weighted by atomic mass is 10.2. The van der Waals surface area contributed by atoms with Gasteiger partial charge >= 0.3 is 5.97 Å². The van der Waals surface area contributed by atoms with Gasteiger partial charge in [-0.2, -0.15) is 0 Å². The number of halogens is 1. The van der Waals surface area contributed by atoms with Gasteiger partial charge in [-0.3, -0.25) is 0 Å². The maximum Gasteiger partial charge on any atom is 0.362 e. The monoisotopic (exact) mass is 181 g/mol. The van der Waals surface area contributed by atoms with Gasteiger partial charge in [0, 0.05) is 0 Å². The highest BCUT2D eigenvalue weighted by molar-refractivity contribution is 5.70. The second-order valence-electron chi connectivity index (χ2n) is 3.20. The van der Waals surface area contributed by atoms with Crippen LogP contribution in [0.1, 0.15) is 20.8 Å². The number of esters is 1. The number of nitrogens with two attached hydrogens (primary N) is 1. The number of hydrogen-bond acceptors (Lipinski definition) is 2. The van der Waals surface area contributed by atoms with E-state index in [2.05, 4.69) is 0 Å². The number of likely N-dealkylation sites (N-methyl/N-ethyl adjacent to an activating group) is 1. The maximum atomic E-state index is 10.8. The van der Waals surface area contributed by atoms with E-state index in [0.717, 1.165) is 0 Å². The Morgan fingerprint density at radius 1 is 1.45 bits per heavy atom. The van der Waals surface area contributed by atoms with E-state index in [1.165, 1.54) is 0 Å². The van der Waals surface area contributed by atoms with Crippen molar-refractivity contribution in [3.05, 3.63) is 0 Å². The molecule has 0 aromatic rings. The Kier molecular flexibility index (Phi) is 6.52. The molecule has 0 radical (unpaired) electrons. The molecule has 0 rings (SSSR count). The lowest BCUT2D eigenvalue weighted by molar-refractivity contribution is -0.617. The molecule has 0 aromatic heterocycles. The zero-order valence-electron chi connectivity index (χ0n) is 7.48. The van der Waals surface area contributed by atoms with Crippen molar-refractivity contribution in [2.75, 3.05) is 13.6 Å². The highest BCUT2D eigenvalue weighted by Crippen LogP contribution is 2.05. The van der Waals surface area contributed by atoms with E-state index in [1.54, 1.807) is 5.32 Å². The molecule has 0 spiro atoms. The number of hydrogen-bond donors (Lipinski definition) is 1. The number of rotatable bonds is 2. The van der Waals surface area contributed by atoms with Crippen LogP contribution in [0.5, 0.6) is 0 Å². The molecule has 68 valence electrons. The van der Waals surface area contributed by atoms with Crippen molar-refractivity contribution in [3.63, 3.8) is 0 Å². The standard InChI is InChI=1S/C7H15NO2.ClH/c1-7(2,3)10-6(9)5-8-4;/h8H,5H2,1-4H3;1H. The Labute approximate surface area is 73.9 Å². The van der Waals surface area contributed by atoms with Gasteiger partial charge in [0.15, 0.2) is 6.54 Å². The van der Waals surface area contributed by atoms with E-state index >= 15 is 0 Å². The summed E-state index contributed by atoms with van der Waals surface area (Å²) in [6, 6.07) is 0. The molecular weight excluding hydrogens is 166 g/mol. The minimum atomic E-state index is -0.347. The number of ether oxygens (including phenoxy) is 1. The summed E-state index contributed by atoms with van der Waals surface area (Å²) >= 11 is 0. The Hall–Kier alpha value is -0.280. The van der Waals surface area contributed by atoms with Crippen LogP contribution in [-0.4, -0.2) is 25.2 Å². The van der Waals surface area contributed by atoms with E-state index in [0.29, 0.717) is 6.54 Å². The summed E-state index contributed by atoms with van der Waals surface area (Å²) in [6.07, 6.45) is 0. The third-order valence-electron chi connectivity index (χ3n) is 0.791. The molecule has 0 aliphatic rings. The van der Waals surface area contributed by atoms with Crippen LogP contribution in [0, 0.1) is 0 Å². The fourth-order valence-electron chi connectivity index (χ4n) is 0.550. The lowest BCUT2D eigenvalue weighted by Gasteiger charge is -2.18. The van der Waals surface area contributed by atoms with Crippen LogP contribution >= 0.6 is 0 Å². The maximum absolute atomic E-state index is 10.8. The number of quaternary nitrogens is 1. The number of carbonyl (C=O) groups excluding carboxylic acids is 1. The van der Waals surface area contributed by atoms with Crippen molar-refractivity contribution in [1.29, 1.82) is 0 Å². The van der Waals surface area contributed by atoms with Gasteiger partial charge in [0.05, 0.1) is 7.05 Å². The molecule has 0 aromatic carbocycles. The summed E-state index contributed by atoms with van der Waals surface area (Å²) in [7, 11) is 1.84. The molecule has 2 N–H and O–H groups in total. The summed E-state index contributed by atoms with van der Waals surface area (Å²) in [6.45, 7) is 5.99. The van der Waals surface area contributed by atoms with Gasteiger partial charge in [-0.1, -0.05) is 0 Å². The predicted molar refractivity (Wildman–Crippen MR) is 38.6 cm³/mol. The molecule has 0 aliphatic carbocycles. The zero-order valence-corrected chi connectivity index (χ0v) is 8.23. The molecule has 3 nitrogen and oxygen atoms in total. The van der Waals surface area contributed by atoms with Crippen LogP contribution in [0.15, 0.2) is 0 Å². The minimum absolute atomic E-state index is 0. The Balaban J connectivity index is 0. The Morgan fingerprint density at radius 3 is 2.18 bits per heavy atom. The van der Waals surface area contributed by atoms with E-state index in [4.69, 9.17) is 4.74 Å². The first-order chi connectivity index (χ1) is 4.45. The summed E-state index contributed by atoms with van der Waals surface area (Å²) < 4.78 is 5.01. The van der Waals surface area contributed by atoms with Crippen molar-refractivity contribution in [1.82, 2.24) is 0 Å². The average molecular weight is 182 g/mol. The van der Waals surface area contributed by atoms with Gasteiger partial charge in [-0.05, 0) is 20.8 Å². The minimum Gasteiger partial charge on any atom is -1.00 e. The first-order valence-corrected chi connectivity index (χ1v) is 3.45. The van der Waals surface area contributed by atoms with Gasteiger partial charge in [0.2, 0.25) is 0 Å².